The third-order valence-electron chi connectivity index (χ3n) is 2.91. The standard InChI is InChI=1S/C15H16N2O/c1-3-14(17-18)11(2)8-12-9-13-6-4-5-7-15(13)16-10-12/h4-10,18H,3H2,1-2H3/b11-8+,17-14+. The molecule has 0 unspecified atom stereocenters. The van der Waals surface area contributed by atoms with Crippen LogP contribution in [0.3, 0.4) is 0 Å². The van der Waals surface area contributed by atoms with E-state index < -0.39 is 0 Å². The van der Waals surface area contributed by atoms with Gasteiger partial charge in [-0.05, 0) is 42.7 Å². The van der Waals surface area contributed by atoms with Gasteiger partial charge in [-0.1, -0.05) is 30.3 Å². The summed E-state index contributed by atoms with van der Waals surface area (Å²) in [5.74, 6) is 0. The molecule has 92 valence electrons. The Hall–Kier alpha value is -2.16. The topological polar surface area (TPSA) is 45.5 Å². The predicted molar refractivity (Wildman–Crippen MR) is 74.9 cm³/mol. The van der Waals surface area contributed by atoms with Crippen molar-refractivity contribution in [2.24, 2.45) is 5.16 Å². The van der Waals surface area contributed by atoms with Gasteiger partial charge in [-0.25, -0.2) is 0 Å². The molecule has 2 aromatic rings. The Bertz CT molecular complexity index is 615. The molecular weight excluding hydrogens is 224 g/mol. The van der Waals surface area contributed by atoms with Crippen LogP contribution < -0.4 is 0 Å². The van der Waals surface area contributed by atoms with Crippen molar-refractivity contribution in [1.29, 1.82) is 0 Å². The fourth-order valence-corrected chi connectivity index (χ4v) is 1.93. The van der Waals surface area contributed by atoms with Crippen molar-refractivity contribution in [2.45, 2.75) is 20.3 Å². The van der Waals surface area contributed by atoms with Crippen molar-refractivity contribution >= 4 is 22.7 Å². The van der Waals surface area contributed by atoms with E-state index in [1.807, 2.05) is 50.4 Å². The van der Waals surface area contributed by atoms with Gasteiger partial charge in [0.15, 0.2) is 0 Å². The van der Waals surface area contributed by atoms with Crippen molar-refractivity contribution in [1.82, 2.24) is 4.98 Å². The van der Waals surface area contributed by atoms with Crippen LogP contribution in [-0.4, -0.2) is 15.9 Å². The number of benzene rings is 1. The summed E-state index contributed by atoms with van der Waals surface area (Å²) in [6.45, 7) is 3.90. The number of aromatic nitrogens is 1. The largest absolute Gasteiger partial charge is 0.411 e. The number of fused-ring (bicyclic) bond motifs is 1. The van der Waals surface area contributed by atoms with Crippen LogP contribution in [0, 0.1) is 0 Å². The van der Waals surface area contributed by atoms with E-state index in [9.17, 15) is 0 Å². The number of nitrogens with zero attached hydrogens (tertiary/aromatic N) is 2. The van der Waals surface area contributed by atoms with E-state index in [1.54, 1.807) is 0 Å². The minimum Gasteiger partial charge on any atom is -0.411 e. The summed E-state index contributed by atoms with van der Waals surface area (Å²) >= 11 is 0. The average Bonchev–Trinajstić information content (AvgIpc) is 2.40. The molecule has 3 nitrogen and oxygen atoms in total. The van der Waals surface area contributed by atoms with Crippen LogP contribution >= 0.6 is 0 Å². The van der Waals surface area contributed by atoms with Gasteiger partial charge in [0.05, 0.1) is 11.2 Å². The molecule has 0 atom stereocenters. The Morgan fingerprint density at radius 3 is 2.89 bits per heavy atom. The predicted octanol–water partition coefficient (Wildman–Crippen LogP) is 3.88. The van der Waals surface area contributed by atoms with Crippen LogP contribution in [0.4, 0.5) is 0 Å². The first-order valence-electron chi connectivity index (χ1n) is 5.99. The molecule has 18 heavy (non-hydrogen) atoms. The normalized spacial score (nSPS) is 13.0. The minimum atomic E-state index is 0.697. The number of hydrogen-bond donors (Lipinski definition) is 1. The number of hydrogen-bond acceptors (Lipinski definition) is 3. The molecule has 1 N–H and O–H groups in total. The smallest absolute Gasteiger partial charge is 0.0822 e. The summed E-state index contributed by atoms with van der Waals surface area (Å²) in [6.07, 6.45) is 4.52. The molecule has 2 rings (SSSR count). The molecule has 0 saturated heterocycles. The summed E-state index contributed by atoms with van der Waals surface area (Å²) in [6, 6.07) is 10.1. The fraction of sp³-hybridized carbons (Fsp3) is 0.200. The Morgan fingerprint density at radius 2 is 2.17 bits per heavy atom. The summed E-state index contributed by atoms with van der Waals surface area (Å²) in [4.78, 5) is 4.40. The second-order valence-corrected chi connectivity index (χ2v) is 4.19. The zero-order valence-corrected chi connectivity index (χ0v) is 10.6. The van der Waals surface area contributed by atoms with Crippen molar-refractivity contribution in [2.75, 3.05) is 0 Å². The molecular formula is C15H16N2O. The summed E-state index contributed by atoms with van der Waals surface area (Å²) < 4.78 is 0. The highest BCUT2D eigenvalue weighted by Crippen LogP contribution is 2.15. The lowest BCUT2D eigenvalue weighted by Gasteiger charge is -2.03. The highest BCUT2D eigenvalue weighted by molar-refractivity contribution is 6.02. The Labute approximate surface area is 106 Å². The molecule has 0 bridgehead atoms. The van der Waals surface area contributed by atoms with Gasteiger partial charge in [0.1, 0.15) is 0 Å². The van der Waals surface area contributed by atoms with Crippen molar-refractivity contribution in [3.8, 4) is 0 Å². The van der Waals surface area contributed by atoms with Crippen molar-refractivity contribution in [3.63, 3.8) is 0 Å². The average molecular weight is 240 g/mol. The van der Waals surface area contributed by atoms with E-state index in [2.05, 4.69) is 16.2 Å². The minimum absolute atomic E-state index is 0.697. The highest BCUT2D eigenvalue weighted by Gasteiger charge is 2.01. The van der Waals surface area contributed by atoms with Gasteiger partial charge in [-0.15, -0.1) is 0 Å². The second kappa shape index (κ2) is 5.45. The third kappa shape index (κ3) is 2.56. The Kier molecular flexibility index (Phi) is 3.72. The van der Waals surface area contributed by atoms with Gasteiger partial charge >= 0.3 is 0 Å². The van der Waals surface area contributed by atoms with Gasteiger partial charge in [-0.3, -0.25) is 4.98 Å². The maximum atomic E-state index is 8.88. The maximum absolute atomic E-state index is 8.88. The molecule has 0 aliphatic heterocycles. The molecule has 3 heteroatoms. The molecule has 0 amide bonds. The van der Waals surface area contributed by atoms with Gasteiger partial charge in [0, 0.05) is 11.6 Å². The molecule has 0 radical (unpaired) electrons. The van der Waals surface area contributed by atoms with Crippen molar-refractivity contribution in [3.05, 3.63) is 47.7 Å². The molecule has 0 fully saturated rings. The quantitative estimate of drug-likeness (QED) is 0.502. The van der Waals surface area contributed by atoms with E-state index in [0.29, 0.717) is 12.1 Å². The zero-order valence-electron chi connectivity index (χ0n) is 10.6. The zero-order chi connectivity index (χ0) is 13.0. The van der Waals surface area contributed by atoms with E-state index in [1.165, 1.54) is 0 Å². The van der Waals surface area contributed by atoms with Crippen LogP contribution in [0.25, 0.3) is 17.0 Å². The molecule has 0 saturated carbocycles. The molecule has 0 spiro atoms. The number of rotatable bonds is 3. The van der Waals surface area contributed by atoms with Gasteiger partial charge in [-0.2, -0.15) is 0 Å². The number of oxime groups is 1. The van der Waals surface area contributed by atoms with Crippen LogP contribution in [0.5, 0.6) is 0 Å². The first-order chi connectivity index (χ1) is 8.74. The van der Waals surface area contributed by atoms with Crippen LogP contribution in [0.1, 0.15) is 25.8 Å². The monoisotopic (exact) mass is 240 g/mol. The number of para-hydroxylation sites is 1. The van der Waals surface area contributed by atoms with E-state index in [4.69, 9.17) is 5.21 Å². The van der Waals surface area contributed by atoms with Crippen LogP contribution in [-0.2, 0) is 0 Å². The Balaban J connectivity index is 2.40. The van der Waals surface area contributed by atoms with E-state index in [0.717, 1.165) is 22.0 Å². The van der Waals surface area contributed by atoms with Gasteiger partial charge in [0.25, 0.3) is 0 Å². The van der Waals surface area contributed by atoms with Crippen LogP contribution in [0.15, 0.2) is 47.3 Å². The summed E-state index contributed by atoms with van der Waals surface area (Å²) in [5, 5.41) is 13.3. The SMILES string of the molecule is CCC(=N\O)/C(C)=C/c1cnc2ccccc2c1. The lowest BCUT2D eigenvalue weighted by molar-refractivity contribution is 0.318. The third-order valence-corrected chi connectivity index (χ3v) is 2.91. The maximum Gasteiger partial charge on any atom is 0.0822 e. The lowest BCUT2D eigenvalue weighted by atomic mass is 10.1. The summed E-state index contributed by atoms with van der Waals surface area (Å²) in [5.41, 5.74) is 3.65. The first-order valence-corrected chi connectivity index (χ1v) is 5.99. The molecule has 0 aliphatic rings. The van der Waals surface area contributed by atoms with Crippen LogP contribution in [0.2, 0.25) is 0 Å². The molecule has 1 aromatic heterocycles. The number of allylic oxidation sites excluding steroid dienone is 1. The molecule has 0 aliphatic carbocycles. The second-order valence-electron chi connectivity index (χ2n) is 4.19. The van der Waals surface area contributed by atoms with Gasteiger partial charge in [0.2, 0.25) is 0 Å². The lowest BCUT2D eigenvalue weighted by Crippen LogP contribution is -1.97. The fourth-order valence-electron chi connectivity index (χ4n) is 1.93. The highest BCUT2D eigenvalue weighted by atomic mass is 16.4. The Morgan fingerprint density at radius 1 is 1.39 bits per heavy atom. The van der Waals surface area contributed by atoms with Crippen molar-refractivity contribution < 1.29 is 5.21 Å². The van der Waals surface area contributed by atoms with E-state index >= 15 is 0 Å². The van der Waals surface area contributed by atoms with E-state index in [-0.39, 0.29) is 0 Å². The molecule has 1 heterocycles. The number of pyridine rings is 1. The molecule has 1 aromatic carbocycles. The first kappa shape index (κ1) is 12.3. The summed E-state index contributed by atoms with van der Waals surface area (Å²) in [7, 11) is 0. The van der Waals surface area contributed by atoms with Gasteiger partial charge < -0.3 is 5.21 Å².